The van der Waals surface area contributed by atoms with E-state index >= 15 is 0 Å². The summed E-state index contributed by atoms with van der Waals surface area (Å²) >= 11 is 0.923. The zero-order valence-electron chi connectivity index (χ0n) is 24.7. The Morgan fingerprint density at radius 3 is 2.51 bits per heavy atom. The number of nitrogens with zero attached hydrogens (tertiary/aromatic N) is 4. The van der Waals surface area contributed by atoms with Crippen LogP contribution in [0, 0.1) is 20.8 Å². The van der Waals surface area contributed by atoms with Crippen molar-refractivity contribution in [3.05, 3.63) is 124 Å². The molecule has 0 aliphatic carbocycles. The molecule has 1 saturated heterocycles. The molecule has 1 aliphatic heterocycles. The number of Topliss-reactive ketones (excluding diaryl/α,β-unsaturated/α-hetero) is 1. The molecular formula is C34H28N4O6S. The van der Waals surface area contributed by atoms with Crippen molar-refractivity contribution >= 4 is 45.5 Å². The van der Waals surface area contributed by atoms with Crippen LogP contribution in [-0.2, 0) is 14.3 Å². The summed E-state index contributed by atoms with van der Waals surface area (Å²) in [4.78, 5) is 50.9. The molecule has 1 amide bonds. The molecule has 0 radical (unpaired) electrons. The van der Waals surface area contributed by atoms with Gasteiger partial charge in [-0.05, 0) is 62.2 Å². The van der Waals surface area contributed by atoms with Crippen LogP contribution in [0.1, 0.15) is 43.9 Å². The molecule has 6 rings (SSSR count). The van der Waals surface area contributed by atoms with Gasteiger partial charge in [0.15, 0.2) is 10.9 Å². The van der Waals surface area contributed by atoms with Crippen LogP contribution in [0.3, 0.4) is 0 Å². The Balaban J connectivity index is 1.53. The molecule has 1 atom stereocenters. The monoisotopic (exact) mass is 620 g/mol. The molecule has 1 aliphatic rings. The van der Waals surface area contributed by atoms with E-state index in [4.69, 9.17) is 9.47 Å². The first-order valence-corrected chi connectivity index (χ1v) is 14.8. The van der Waals surface area contributed by atoms with Crippen LogP contribution in [0.25, 0.3) is 11.4 Å². The summed E-state index contributed by atoms with van der Waals surface area (Å²) in [7, 11) is 0. The molecule has 0 saturated carbocycles. The van der Waals surface area contributed by atoms with Gasteiger partial charge in [-0.3, -0.25) is 14.5 Å². The van der Waals surface area contributed by atoms with E-state index in [0.717, 1.165) is 16.9 Å². The molecule has 0 bridgehead atoms. The van der Waals surface area contributed by atoms with E-state index in [0.29, 0.717) is 34.1 Å². The standard InChI is InChI=1S/C34H28N4O6S/c1-5-17-43-33(42)30-20(3)35-34(45-30)38-27(22-12-9-15-24(18-22)44-23-13-7-6-8-14-23)25(29(40)32(38)41)28(39)26-21(4)37-16-10-11-19(2)31(37)36-26/h5-16,18,27,39H,1,17H2,2-4H3/b28-25+. The summed E-state index contributed by atoms with van der Waals surface area (Å²) in [6.45, 7) is 8.85. The highest BCUT2D eigenvalue weighted by Gasteiger charge is 2.49. The molecule has 0 spiro atoms. The fourth-order valence-electron chi connectivity index (χ4n) is 5.27. The number of esters is 1. The first kappa shape index (κ1) is 29.5. The van der Waals surface area contributed by atoms with Gasteiger partial charge in [-0.25, -0.2) is 14.8 Å². The minimum absolute atomic E-state index is 0.00205. The molecule has 1 N–H and O–H groups in total. The highest BCUT2D eigenvalue weighted by molar-refractivity contribution is 7.17. The lowest BCUT2D eigenvalue weighted by atomic mass is 9.96. The predicted octanol–water partition coefficient (Wildman–Crippen LogP) is 6.48. The van der Waals surface area contributed by atoms with Gasteiger partial charge in [0, 0.05) is 6.20 Å². The van der Waals surface area contributed by atoms with Crippen molar-refractivity contribution in [2.45, 2.75) is 26.8 Å². The summed E-state index contributed by atoms with van der Waals surface area (Å²) in [6.07, 6.45) is 3.26. The van der Waals surface area contributed by atoms with Crippen molar-refractivity contribution in [2.24, 2.45) is 0 Å². The average Bonchev–Trinajstić information content (AvgIpc) is 3.67. The molecule has 5 aromatic rings. The number of carbonyl (C=O) groups excluding carboxylic acids is 3. The first-order chi connectivity index (χ1) is 21.7. The number of aliphatic hydroxyl groups is 1. The number of rotatable bonds is 8. The predicted molar refractivity (Wildman–Crippen MR) is 170 cm³/mol. The van der Waals surface area contributed by atoms with Gasteiger partial charge in [-0.2, -0.15) is 0 Å². The number of benzene rings is 2. The number of hydrogen-bond donors (Lipinski definition) is 1. The summed E-state index contributed by atoms with van der Waals surface area (Å²) < 4.78 is 13.1. The number of anilines is 1. The lowest BCUT2D eigenvalue weighted by Gasteiger charge is -2.23. The van der Waals surface area contributed by atoms with Crippen molar-refractivity contribution in [3.63, 3.8) is 0 Å². The number of ketones is 1. The SMILES string of the molecule is C=CCOC(=O)c1sc(N2C(=O)C(=O)/C(=C(/O)c3nc4c(C)cccn4c3C)C2c2cccc(Oc3ccccc3)c2)nc1C. The number of hydrogen-bond acceptors (Lipinski definition) is 9. The molecule has 1 fully saturated rings. The highest BCUT2D eigenvalue weighted by Crippen LogP contribution is 2.45. The topological polar surface area (TPSA) is 123 Å². The summed E-state index contributed by atoms with van der Waals surface area (Å²) in [5, 5.41) is 11.9. The zero-order chi connectivity index (χ0) is 31.8. The van der Waals surface area contributed by atoms with E-state index < -0.39 is 29.5 Å². The van der Waals surface area contributed by atoms with E-state index in [-0.39, 0.29) is 27.9 Å². The average molecular weight is 621 g/mol. The number of aliphatic hydroxyl groups excluding tert-OH is 1. The van der Waals surface area contributed by atoms with Gasteiger partial charge in [0.2, 0.25) is 0 Å². The Morgan fingerprint density at radius 2 is 1.78 bits per heavy atom. The van der Waals surface area contributed by atoms with Crippen molar-refractivity contribution in [3.8, 4) is 11.5 Å². The maximum atomic E-state index is 13.8. The first-order valence-electron chi connectivity index (χ1n) is 14.0. The van der Waals surface area contributed by atoms with Crippen molar-refractivity contribution in [1.29, 1.82) is 0 Å². The van der Waals surface area contributed by atoms with Gasteiger partial charge < -0.3 is 19.0 Å². The van der Waals surface area contributed by atoms with Gasteiger partial charge in [0.05, 0.1) is 23.0 Å². The molecule has 3 aromatic heterocycles. The largest absolute Gasteiger partial charge is 0.505 e. The normalized spacial score (nSPS) is 15.9. The summed E-state index contributed by atoms with van der Waals surface area (Å²) in [5.41, 5.74) is 2.89. The van der Waals surface area contributed by atoms with Crippen LogP contribution in [0.2, 0.25) is 0 Å². The third-order valence-electron chi connectivity index (χ3n) is 7.41. The van der Waals surface area contributed by atoms with Crippen molar-refractivity contribution in [2.75, 3.05) is 11.5 Å². The number of fused-ring (bicyclic) bond motifs is 1. The van der Waals surface area contributed by atoms with Gasteiger partial charge in [-0.1, -0.05) is 60.4 Å². The quantitative estimate of drug-likeness (QED) is 0.0688. The van der Waals surface area contributed by atoms with E-state index in [9.17, 15) is 19.5 Å². The van der Waals surface area contributed by atoms with Crippen molar-refractivity contribution < 1.29 is 29.0 Å². The lowest BCUT2D eigenvalue weighted by Crippen LogP contribution is -2.29. The fourth-order valence-corrected chi connectivity index (χ4v) is 6.25. The van der Waals surface area contributed by atoms with Crippen LogP contribution in [0.5, 0.6) is 11.5 Å². The number of thiazole rings is 1. The number of pyridine rings is 1. The number of imidazole rings is 1. The van der Waals surface area contributed by atoms with Gasteiger partial charge in [0.1, 0.15) is 34.3 Å². The second-order valence-corrected chi connectivity index (χ2v) is 11.4. The van der Waals surface area contributed by atoms with Crippen LogP contribution in [0.15, 0.2) is 91.2 Å². The fraction of sp³-hybridized carbons (Fsp3) is 0.147. The third kappa shape index (κ3) is 5.27. The number of aryl methyl sites for hydroxylation is 3. The Kier molecular flexibility index (Phi) is 7.78. The molecule has 10 nitrogen and oxygen atoms in total. The second-order valence-electron chi connectivity index (χ2n) is 10.4. The van der Waals surface area contributed by atoms with Crippen LogP contribution < -0.4 is 9.64 Å². The minimum Gasteiger partial charge on any atom is -0.505 e. The lowest BCUT2D eigenvalue weighted by molar-refractivity contribution is -0.132. The number of ether oxygens (including phenoxy) is 2. The molecule has 4 heterocycles. The molecule has 226 valence electrons. The molecule has 1 unspecified atom stereocenters. The molecule has 11 heteroatoms. The smallest absolute Gasteiger partial charge is 0.350 e. The van der Waals surface area contributed by atoms with Crippen LogP contribution >= 0.6 is 11.3 Å². The molecule has 2 aromatic carbocycles. The number of carbonyl (C=O) groups is 3. The number of para-hydroxylation sites is 1. The molecule has 45 heavy (non-hydrogen) atoms. The summed E-state index contributed by atoms with van der Waals surface area (Å²) in [6, 6.07) is 18.7. The minimum atomic E-state index is -1.11. The van der Waals surface area contributed by atoms with Gasteiger partial charge >= 0.3 is 11.9 Å². The second kappa shape index (κ2) is 11.9. The van der Waals surface area contributed by atoms with Crippen molar-refractivity contribution in [1.82, 2.24) is 14.4 Å². The number of aromatic nitrogens is 3. The Bertz CT molecular complexity index is 2030. The Labute approximate surface area is 262 Å². The van der Waals surface area contributed by atoms with E-state index in [2.05, 4.69) is 16.5 Å². The van der Waals surface area contributed by atoms with E-state index in [1.54, 1.807) is 50.2 Å². The highest BCUT2D eigenvalue weighted by atomic mass is 32.1. The summed E-state index contributed by atoms with van der Waals surface area (Å²) in [5.74, 6) is -1.82. The Morgan fingerprint density at radius 1 is 1.02 bits per heavy atom. The van der Waals surface area contributed by atoms with E-state index in [1.165, 1.54) is 11.0 Å². The van der Waals surface area contributed by atoms with Crippen LogP contribution in [-0.4, -0.2) is 43.7 Å². The van der Waals surface area contributed by atoms with Gasteiger partial charge in [0.25, 0.3) is 5.78 Å². The maximum absolute atomic E-state index is 13.8. The maximum Gasteiger partial charge on any atom is 0.350 e. The number of amides is 1. The third-order valence-corrected chi connectivity index (χ3v) is 8.55. The molecular weight excluding hydrogens is 592 g/mol. The van der Waals surface area contributed by atoms with Gasteiger partial charge in [-0.15, -0.1) is 0 Å². The Hall–Kier alpha value is -5.55. The zero-order valence-corrected chi connectivity index (χ0v) is 25.5. The van der Waals surface area contributed by atoms with Crippen LogP contribution in [0.4, 0.5) is 5.13 Å². The van der Waals surface area contributed by atoms with E-state index in [1.807, 2.05) is 47.9 Å².